The zero-order valence-electron chi connectivity index (χ0n) is 24.0. The average molecular weight is 665 g/mol. The fourth-order valence-corrected chi connectivity index (χ4v) is 16.7. The summed E-state index contributed by atoms with van der Waals surface area (Å²) in [5.74, 6) is 0. The molecule has 0 amide bonds. The SMILES string of the molecule is CCc1ccc2c(c1)[CH]([Zr+2](=[C](c1ccccc1)c1ccccc1)[CH]1C=Cc3ccccc31)c1cc(CC)ccc1-2.[Cl-].[Cl-]. The molecule has 7 rings (SSSR count). The number of allylic oxidation sites excluding steroid dienone is 1. The number of rotatable bonds is 6. The molecule has 1 atom stereocenters. The van der Waals surface area contributed by atoms with E-state index in [9.17, 15) is 0 Å². The van der Waals surface area contributed by atoms with E-state index >= 15 is 0 Å². The first-order valence-corrected chi connectivity index (χ1v) is 18.7. The molecule has 1 unspecified atom stereocenters. The minimum atomic E-state index is -2.72. The summed E-state index contributed by atoms with van der Waals surface area (Å²) in [7, 11) is 0. The summed E-state index contributed by atoms with van der Waals surface area (Å²) in [6, 6.07) is 46.4. The summed E-state index contributed by atoms with van der Waals surface area (Å²) in [6.45, 7) is 4.57. The number of hydrogen-bond acceptors (Lipinski definition) is 0. The molecule has 0 N–H and O–H groups in total. The number of aryl methyl sites for hydroxylation is 2. The Bertz CT molecular complexity index is 1670. The van der Waals surface area contributed by atoms with E-state index < -0.39 is 21.3 Å². The van der Waals surface area contributed by atoms with Crippen LogP contribution in [-0.4, -0.2) is 3.21 Å². The third-order valence-corrected chi connectivity index (χ3v) is 17.6. The van der Waals surface area contributed by atoms with Crippen LogP contribution in [0.15, 0.2) is 127 Å². The predicted molar refractivity (Wildman–Crippen MR) is 167 cm³/mol. The van der Waals surface area contributed by atoms with Crippen molar-refractivity contribution >= 4 is 9.28 Å². The first-order valence-electron chi connectivity index (χ1n) is 14.6. The first kappa shape index (κ1) is 30.6. The minimum absolute atomic E-state index is 0. The van der Waals surface area contributed by atoms with Gasteiger partial charge >= 0.3 is 248 Å². The van der Waals surface area contributed by atoms with Crippen molar-refractivity contribution in [3.05, 3.63) is 172 Å². The summed E-state index contributed by atoms with van der Waals surface area (Å²) in [5.41, 5.74) is 14.6. The van der Waals surface area contributed by atoms with Gasteiger partial charge in [0.15, 0.2) is 0 Å². The monoisotopic (exact) mass is 662 g/mol. The molecule has 0 fully saturated rings. The zero-order valence-corrected chi connectivity index (χ0v) is 28.0. The third kappa shape index (κ3) is 5.37. The molecule has 5 aromatic rings. The second kappa shape index (κ2) is 13.2. The van der Waals surface area contributed by atoms with E-state index in [2.05, 4.69) is 147 Å². The number of benzene rings is 5. The molecular weight excluding hydrogens is 631 g/mol. The molecule has 2 aliphatic rings. The maximum Gasteiger partial charge on any atom is -1.00 e. The van der Waals surface area contributed by atoms with Crippen LogP contribution in [0.5, 0.6) is 0 Å². The fourth-order valence-electron chi connectivity index (χ4n) is 6.84. The maximum atomic E-state index is 2.57. The van der Waals surface area contributed by atoms with Crippen LogP contribution in [0.3, 0.4) is 0 Å². The largest absolute Gasteiger partial charge is 1.00 e. The van der Waals surface area contributed by atoms with Gasteiger partial charge < -0.3 is 24.8 Å². The van der Waals surface area contributed by atoms with Crippen molar-refractivity contribution in [2.75, 3.05) is 0 Å². The van der Waals surface area contributed by atoms with Crippen molar-refractivity contribution in [2.24, 2.45) is 0 Å². The molecule has 5 aromatic carbocycles. The normalized spacial score (nSPS) is 14.1. The van der Waals surface area contributed by atoms with Gasteiger partial charge in [-0.25, -0.2) is 0 Å². The van der Waals surface area contributed by atoms with Crippen LogP contribution in [0.25, 0.3) is 17.2 Å². The molecule has 0 saturated carbocycles. The summed E-state index contributed by atoms with van der Waals surface area (Å²) in [4.78, 5) is 0. The second-order valence-corrected chi connectivity index (χ2v) is 17.4. The van der Waals surface area contributed by atoms with E-state index in [1.54, 1.807) is 14.3 Å². The molecule has 0 bridgehead atoms. The third-order valence-electron chi connectivity index (χ3n) is 8.82. The number of hydrogen-bond donors (Lipinski definition) is 0. The summed E-state index contributed by atoms with van der Waals surface area (Å²) in [6.07, 6.45) is 7.09. The molecule has 0 spiro atoms. The van der Waals surface area contributed by atoms with E-state index in [1.165, 1.54) is 44.5 Å². The Morgan fingerprint density at radius 2 is 1.07 bits per heavy atom. The van der Waals surface area contributed by atoms with Crippen molar-refractivity contribution in [1.82, 2.24) is 0 Å². The molecule has 42 heavy (non-hydrogen) atoms. The van der Waals surface area contributed by atoms with Gasteiger partial charge in [-0.15, -0.1) is 0 Å². The smallest absolute Gasteiger partial charge is 1.00 e. The van der Waals surface area contributed by atoms with Gasteiger partial charge in [0, 0.05) is 0 Å². The Morgan fingerprint density at radius 3 is 1.60 bits per heavy atom. The van der Waals surface area contributed by atoms with Crippen LogP contribution in [0.1, 0.15) is 65.6 Å². The quantitative estimate of drug-likeness (QED) is 0.261. The molecular formula is C39H34Cl2Zr. The minimum Gasteiger partial charge on any atom is -1.00 e. The molecule has 3 heteroatoms. The Morgan fingerprint density at radius 1 is 0.571 bits per heavy atom. The number of fused-ring (bicyclic) bond motifs is 4. The molecule has 0 heterocycles. The van der Waals surface area contributed by atoms with Gasteiger partial charge in [-0.05, 0) is 0 Å². The second-order valence-electron chi connectivity index (χ2n) is 11.0. The van der Waals surface area contributed by atoms with Gasteiger partial charge in [-0.1, -0.05) is 0 Å². The van der Waals surface area contributed by atoms with Gasteiger partial charge in [0.25, 0.3) is 0 Å². The van der Waals surface area contributed by atoms with Gasteiger partial charge in [-0.2, -0.15) is 0 Å². The van der Waals surface area contributed by atoms with Crippen molar-refractivity contribution < 1.29 is 46.1 Å². The Hall–Kier alpha value is -2.83. The Labute approximate surface area is 270 Å². The van der Waals surface area contributed by atoms with Crippen LogP contribution in [0.2, 0.25) is 0 Å². The van der Waals surface area contributed by atoms with Crippen LogP contribution in [-0.2, 0) is 34.1 Å². The van der Waals surface area contributed by atoms with Crippen LogP contribution < -0.4 is 24.8 Å². The van der Waals surface area contributed by atoms with Crippen LogP contribution >= 0.6 is 0 Å². The van der Waals surface area contributed by atoms with Crippen molar-refractivity contribution in [1.29, 1.82) is 0 Å². The number of halogens is 2. The van der Waals surface area contributed by atoms with E-state index in [0.29, 0.717) is 7.25 Å². The van der Waals surface area contributed by atoms with E-state index in [4.69, 9.17) is 0 Å². The molecule has 0 radical (unpaired) electrons. The van der Waals surface area contributed by atoms with Gasteiger partial charge in [-0.3, -0.25) is 0 Å². The predicted octanol–water partition coefficient (Wildman–Crippen LogP) is 3.54. The molecule has 0 saturated heterocycles. The molecule has 2 aliphatic carbocycles. The molecule has 0 aliphatic heterocycles. The van der Waals surface area contributed by atoms with Crippen LogP contribution in [0.4, 0.5) is 0 Å². The molecule has 0 nitrogen and oxygen atoms in total. The van der Waals surface area contributed by atoms with E-state index in [1.807, 2.05) is 0 Å². The average Bonchev–Trinajstić information content (AvgIpc) is 3.59. The molecule has 208 valence electrons. The zero-order chi connectivity index (χ0) is 27.1. The first-order chi connectivity index (χ1) is 19.8. The van der Waals surface area contributed by atoms with Crippen molar-refractivity contribution in [3.8, 4) is 11.1 Å². The topological polar surface area (TPSA) is 0 Å². The maximum absolute atomic E-state index is 2.72. The molecule has 0 aromatic heterocycles. The summed E-state index contributed by atoms with van der Waals surface area (Å²) < 4.78 is 2.54. The van der Waals surface area contributed by atoms with Crippen LogP contribution in [0, 0.1) is 0 Å². The van der Waals surface area contributed by atoms with Gasteiger partial charge in [0.05, 0.1) is 0 Å². The van der Waals surface area contributed by atoms with Gasteiger partial charge in [0.1, 0.15) is 0 Å². The van der Waals surface area contributed by atoms with E-state index in [-0.39, 0.29) is 24.8 Å². The Kier molecular flexibility index (Phi) is 9.64. The fraction of sp³-hybridized carbons (Fsp3) is 0.154. The van der Waals surface area contributed by atoms with E-state index in [0.717, 1.165) is 12.8 Å². The van der Waals surface area contributed by atoms with Gasteiger partial charge in [0.2, 0.25) is 0 Å². The van der Waals surface area contributed by atoms with Crippen molar-refractivity contribution in [2.45, 2.75) is 33.9 Å². The summed E-state index contributed by atoms with van der Waals surface area (Å²) >= 11 is -2.72. The Balaban J connectivity index is 0.00000176. The standard InChI is InChI=1S/C17H17.C13H10.C9H7.2ClH.Zr/c1-3-12-5-7-16-14(9-12)11-15-10-13(4-2)6-8-17(15)16;1-3-7-12(8-4-1)11-13-9-5-2-6-10-13;1-2-5-9-7-3-6-8(9)4-1;;;/h5-11H,3-4H2,1-2H3;1-10H;1-7H;2*1H;/q;;;;;+2/p-2. The summed E-state index contributed by atoms with van der Waals surface area (Å²) in [5, 5.41) is 0. The van der Waals surface area contributed by atoms with Crippen molar-refractivity contribution in [3.63, 3.8) is 0 Å².